The fourth-order valence-electron chi connectivity index (χ4n) is 1.40. The first kappa shape index (κ1) is 14.9. The minimum absolute atomic E-state index is 0.0616. The first-order valence-electron chi connectivity index (χ1n) is 5.68. The molecule has 1 unspecified atom stereocenters. The summed E-state index contributed by atoms with van der Waals surface area (Å²) >= 11 is 3.24. The van der Waals surface area contributed by atoms with E-state index in [1.165, 1.54) is 10.6 Å². The summed E-state index contributed by atoms with van der Waals surface area (Å²) in [4.78, 5) is 23.3. The van der Waals surface area contributed by atoms with Crippen molar-refractivity contribution >= 4 is 21.8 Å². The third-order valence-corrected chi connectivity index (χ3v) is 3.30. The summed E-state index contributed by atoms with van der Waals surface area (Å²) in [5.74, 6) is -0.298. The van der Waals surface area contributed by atoms with Crippen LogP contribution < -0.4 is 10.9 Å². The zero-order valence-corrected chi connectivity index (χ0v) is 12.0. The zero-order valence-electron chi connectivity index (χ0n) is 10.4. The summed E-state index contributed by atoms with van der Waals surface area (Å²) in [6.45, 7) is 3.44. The molecule has 0 aromatic carbocycles. The molecule has 1 aromatic rings. The van der Waals surface area contributed by atoms with Gasteiger partial charge in [0.1, 0.15) is 6.54 Å². The minimum atomic E-state index is -0.646. The van der Waals surface area contributed by atoms with Crippen LogP contribution in [0.2, 0.25) is 0 Å². The number of carbonyl (C=O) groups excluding carboxylic acids is 1. The van der Waals surface area contributed by atoms with Gasteiger partial charge in [0.05, 0.1) is 12.1 Å². The Morgan fingerprint density at radius 2 is 2.22 bits per heavy atom. The highest BCUT2D eigenvalue weighted by Crippen LogP contribution is 2.08. The van der Waals surface area contributed by atoms with E-state index in [0.717, 1.165) is 4.47 Å². The smallest absolute Gasteiger partial charge is 0.251 e. The third-order valence-electron chi connectivity index (χ3n) is 2.83. The lowest BCUT2D eigenvalue weighted by molar-refractivity contribution is -0.124. The molecule has 1 atom stereocenters. The number of hydrogen-bond donors (Lipinski definition) is 2. The molecule has 6 heteroatoms. The van der Waals surface area contributed by atoms with Gasteiger partial charge in [-0.05, 0) is 35.3 Å². The first-order valence-corrected chi connectivity index (χ1v) is 6.47. The molecule has 1 heterocycles. The van der Waals surface area contributed by atoms with E-state index < -0.39 is 5.54 Å². The molecule has 1 rings (SSSR count). The molecule has 0 saturated carbocycles. The van der Waals surface area contributed by atoms with Crippen LogP contribution in [0.5, 0.6) is 0 Å². The summed E-state index contributed by atoms with van der Waals surface area (Å²) in [6, 6.07) is 3.02. The van der Waals surface area contributed by atoms with Gasteiger partial charge in [0.15, 0.2) is 0 Å². The maximum Gasteiger partial charge on any atom is 0.251 e. The SMILES string of the molecule is CCC(C)(CO)NC(=O)Cn1cc(Br)ccc1=O. The largest absolute Gasteiger partial charge is 0.394 e. The van der Waals surface area contributed by atoms with Crippen molar-refractivity contribution in [3.05, 3.63) is 33.2 Å². The second-order valence-electron chi connectivity index (χ2n) is 4.43. The van der Waals surface area contributed by atoms with Crippen molar-refractivity contribution in [1.29, 1.82) is 0 Å². The van der Waals surface area contributed by atoms with Gasteiger partial charge in [0.25, 0.3) is 5.56 Å². The van der Waals surface area contributed by atoms with E-state index in [9.17, 15) is 14.7 Å². The van der Waals surface area contributed by atoms with E-state index in [1.807, 2.05) is 6.92 Å². The van der Waals surface area contributed by atoms with Crippen molar-refractivity contribution in [2.75, 3.05) is 6.61 Å². The average Bonchev–Trinajstić information content (AvgIpc) is 2.33. The van der Waals surface area contributed by atoms with Crippen molar-refractivity contribution in [2.45, 2.75) is 32.4 Å². The Bertz CT molecular complexity index is 480. The number of hydrogen-bond acceptors (Lipinski definition) is 3. The lowest BCUT2D eigenvalue weighted by Crippen LogP contribution is -2.50. The van der Waals surface area contributed by atoms with E-state index in [2.05, 4.69) is 21.2 Å². The average molecular weight is 317 g/mol. The van der Waals surface area contributed by atoms with Crippen LogP contribution in [0, 0.1) is 0 Å². The summed E-state index contributed by atoms with van der Waals surface area (Å²) < 4.78 is 2.04. The topological polar surface area (TPSA) is 71.3 Å². The molecule has 1 aromatic heterocycles. The van der Waals surface area contributed by atoms with Crippen LogP contribution in [-0.2, 0) is 11.3 Å². The molecule has 18 heavy (non-hydrogen) atoms. The monoisotopic (exact) mass is 316 g/mol. The van der Waals surface area contributed by atoms with Gasteiger partial charge in [0.2, 0.25) is 5.91 Å². The number of halogens is 1. The highest BCUT2D eigenvalue weighted by atomic mass is 79.9. The second-order valence-corrected chi connectivity index (χ2v) is 5.35. The van der Waals surface area contributed by atoms with Crippen LogP contribution in [0.25, 0.3) is 0 Å². The van der Waals surface area contributed by atoms with Crippen molar-refractivity contribution in [3.8, 4) is 0 Å². The van der Waals surface area contributed by atoms with Gasteiger partial charge in [-0.1, -0.05) is 6.92 Å². The predicted octanol–water partition coefficient (Wildman–Crippen LogP) is 0.888. The lowest BCUT2D eigenvalue weighted by Gasteiger charge is -2.27. The molecule has 0 saturated heterocycles. The number of aliphatic hydroxyl groups is 1. The summed E-state index contributed by atoms with van der Waals surface area (Å²) in [6.07, 6.45) is 2.17. The molecule has 5 nitrogen and oxygen atoms in total. The number of aliphatic hydroxyl groups excluding tert-OH is 1. The highest BCUT2D eigenvalue weighted by molar-refractivity contribution is 9.10. The Labute approximate surface area is 114 Å². The molecule has 0 radical (unpaired) electrons. The van der Waals surface area contributed by atoms with E-state index >= 15 is 0 Å². The van der Waals surface area contributed by atoms with Gasteiger partial charge in [-0.15, -0.1) is 0 Å². The van der Waals surface area contributed by atoms with Crippen LogP contribution in [0.4, 0.5) is 0 Å². The standard InChI is InChI=1S/C12H17BrN2O3/c1-3-12(2,8-16)14-10(17)7-15-6-9(13)4-5-11(15)18/h4-6,16H,3,7-8H2,1-2H3,(H,14,17). The molecule has 0 aliphatic rings. The maximum atomic E-state index is 11.8. The van der Waals surface area contributed by atoms with Crippen molar-refractivity contribution < 1.29 is 9.90 Å². The molecule has 0 aliphatic heterocycles. The second kappa shape index (κ2) is 6.15. The molecule has 2 N–H and O–H groups in total. The predicted molar refractivity (Wildman–Crippen MR) is 72.3 cm³/mol. The summed E-state index contributed by atoms with van der Waals surface area (Å²) in [5, 5.41) is 11.9. The Balaban J connectivity index is 2.76. The molecule has 0 fully saturated rings. The minimum Gasteiger partial charge on any atom is -0.394 e. The number of carbonyl (C=O) groups is 1. The van der Waals surface area contributed by atoms with Crippen LogP contribution >= 0.6 is 15.9 Å². The Kier molecular flexibility index (Phi) is 5.10. The molecule has 100 valence electrons. The van der Waals surface area contributed by atoms with Gasteiger partial charge in [-0.25, -0.2) is 0 Å². The van der Waals surface area contributed by atoms with E-state index in [1.54, 1.807) is 19.2 Å². The summed E-state index contributed by atoms with van der Waals surface area (Å²) in [7, 11) is 0. The fourth-order valence-corrected chi connectivity index (χ4v) is 1.78. The first-order chi connectivity index (χ1) is 8.40. The number of pyridine rings is 1. The van der Waals surface area contributed by atoms with Gasteiger partial charge in [0, 0.05) is 16.7 Å². The number of rotatable bonds is 5. The fraction of sp³-hybridized carbons (Fsp3) is 0.500. The molecular weight excluding hydrogens is 300 g/mol. The normalized spacial score (nSPS) is 14.0. The van der Waals surface area contributed by atoms with Gasteiger partial charge < -0.3 is 15.0 Å². The van der Waals surface area contributed by atoms with Gasteiger partial charge in [-0.2, -0.15) is 0 Å². The molecule has 0 bridgehead atoms. The number of nitrogens with zero attached hydrogens (tertiary/aromatic N) is 1. The molecule has 0 aliphatic carbocycles. The Morgan fingerprint density at radius 3 is 2.78 bits per heavy atom. The Morgan fingerprint density at radius 1 is 1.56 bits per heavy atom. The lowest BCUT2D eigenvalue weighted by atomic mass is 10.0. The number of amides is 1. The van der Waals surface area contributed by atoms with Gasteiger partial charge >= 0.3 is 0 Å². The van der Waals surface area contributed by atoms with Crippen molar-refractivity contribution in [3.63, 3.8) is 0 Å². The van der Waals surface area contributed by atoms with Crippen molar-refractivity contribution in [1.82, 2.24) is 9.88 Å². The highest BCUT2D eigenvalue weighted by Gasteiger charge is 2.23. The van der Waals surface area contributed by atoms with Crippen molar-refractivity contribution in [2.24, 2.45) is 0 Å². The molecule has 0 spiro atoms. The molecular formula is C12H17BrN2O3. The number of aromatic nitrogens is 1. The van der Waals surface area contributed by atoms with Crippen LogP contribution in [-0.4, -0.2) is 27.7 Å². The third kappa shape index (κ3) is 3.96. The van der Waals surface area contributed by atoms with E-state index in [-0.39, 0.29) is 24.6 Å². The van der Waals surface area contributed by atoms with Crippen LogP contribution in [0.15, 0.2) is 27.6 Å². The van der Waals surface area contributed by atoms with E-state index in [4.69, 9.17) is 0 Å². The van der Waals surface area contributed by atoms with Crippen LogP contribution in [0.1, 0.15) is 20.3 Å². The quantitative estimate of drug-likeness (QED) is 0.847. The maximum absolute atomic E-state index is 11.8. The van der Waals surface area contributed by atoms with Crippen LogP contribution in [0.3, 0.4) is 0 Å². The summed E-state index contributed by atoms with van der Waals surface area (Å²) in [5.41, 5.74) is -0.886. The van der Waals surface area contributed by atoms with E-state index in [0.29, 0.717) is 6.42 Å². The Hall–Kier alpha value is -1.14. The zero-order chi connectivity index (χ0) is 13.8. The molecule has 1 amide bonds. The van der Waals surface area contributed by atoms with Gasteiger partial charge in [-0.3, -0.25) is 9.59 Å². The number of nitrogens with one attached hydrogen (secondary N) is 1.